The second-order valence-corrected chi connectivity index (χ2v) is 11.5. The van der Waals surface area contributed by atoms with Gasteiger partial charge in [0.15, 0.2) is 15.9 Å². The molecule has 0 amide bonds. The summed E-state index contributed by atoms with van der Waals surface area (Å²) in [7, 11) is -9.51. The lowest BCUT2D eigenvalue weighted by molar-refractivity contribution is -0.658. The monoisotopic (exact) mass is 553 g/mol. The zero-order chi connectivity index (χ0) is 25.0. The van der Waals surface area contributed by atoms with Gasteiger partial charge in [-0.2, -0.15) is 0 Å². The molecular weight excluding hydrogens is 540 g/mol. The van der Waals surface area contributed by atoms with E-state index < -0.39 is 32.0 Å². The van der Waals surface area contributed by atoms with E-state index in [9.17, 15) is 25.9 Å². The van der Waals surface area contributed by atoms with Crippen molar-refractivity contribution in [3.8, 4) is 16.9 Å². The number of hydrogen-bond donors (Lipinski definition) is 0. The molecule has 2 aromatic heterocycles. The summed E-state index contributed by atoms with van der Waals surface area (Å²) in [5.74, 6) is -1.92. The molecule has 182 valence electrons. The molecule has 0 fully saturated rings. The lowest BCUT2D eigenvalue weighted by atomic mass is 10.0. The minimum Gasteiger partial charge on any atom is -0.747 e. The van der Waals surface area contributed by atoms with Crippen molar-refractivity contribution in [3.63, 3.8) is 0 Å². The van der Waals surface area contributed by atoms with Crippen LogP contribution >= 0.6 is 22.9 Å². The second kappa shape index (κ2) is 8.62. The number of ether oxygens (including phenoxy) is 1. The minimum atomic E-state index is -4.76. The molecule has 14 heteroatoms. The van der Waals surface area contributed by atoms with Crippen molar-refractivity contribution in [3.05, 3.63) is 70.7 Å². The molecule has 0 radical (unpaired) electrons. The van der Waals surface area contributed by atoms with Crippen LogP contribution in [-0.2, 0) is 26.1 Å². The number of fused-ring (bicyclic) bond motifs is 2. The van der Waals surface area contributed by atoms with E-state index in [1.165, 1.54) is 11.5 Å². The molecule has 2 aromatic carbocycles. The molecule has 1 aliphatic heterocycles. The summed E-state index contributed by atoms with van der Waals surface area (Å²) in [4.78, 5) is 1.38. The van der Waals surface area contributed by atoms with E-state index in [1.54, 1.807) is 18.2 Å². The van der Waals surface area contributed by atoms with E-state index >= 15 is 0 Å². The topological polar surface area (TPSA) is 144 Å². The molecule has 10 nitrogen and oxygen atoms in total. The molecule has 0 spiro atoms. The highest BCUT2D eigenvalue weighted by Gasteiger charge is 2.33. The summed E-state index contributed by atoms with van der Waals surface area (Å²) >= 11 is 7.24. The summed E-state index contributed by atoms with van der Waals surface area (Å²) in [5.41, 5.74) is 2.11. The molecule has 0 saturated carbocycles. The van der Waals surface area contributed by atoms with Crippen LogP contribution in [0.1, 0.15) is 5.89 Å². The normalized spacial score (nSPS) is 15.1. The standard InChI is InChI=1S/C21H15ClN2O8S3/c22-15-10-33-21-20(15)24(12-35(28,29)30)19(32-21)9-18-23(11-34(25,26)27)16-8-14(6-7-17(16)31-18)13-4-2-1-3-5-13/h1-10H,11-12H2,(H-,25,26,27,28,29,30)/p-1. The zero-order valence-electron chi connectivity index (χ0n) is 17.5. The van der Waals surface area contributed by atoms with Gasteiger partial charge in [0.05, 0.1) is 5.69 Å². The maximum atomic E-state index is 11.7. The minimum absolute atomic E-state index is 0.112. The molecule has 0 atom stereocenters. The van der Waals surface area contributed by atoms with Gasteiger partial charge in [0, 0.05) is 5.38 Å². The fourth-order valence-electron chi connectivity index (χ4n) is 3.70. The molecule has 5 rings (SSSR count). The third-order valence-corrected chi connectivity index (χ3v) is 7.49. The third kappa shape index (κ3) is 4.91. The first-order chi connectivity index (χ1) is 16.5. The smallest absolute Gasteiger partial charge is 0.381 e. The average Bonchev–Trinajstić information content (AvgIpc) is 3.41. The largest absolute Gasteiger partial charge is 0.747 e. The first-order valence-corrected chi connectivity index (χ1v) is 14.2. The molecule has 0 bridgehead atoms. The van der Waals surface area contributed by atoms with Crippen molar-refractivity contribution in [1.82, 2.24) is 0 Å². The Morgan fingerprint density at radius 2 is 1.77 bits per heavy atom. The number of oxazole rings is 1. The van der Waals surface area contributed by atoms with Crippen LogP contribution in [0, 0.1) is 0 Å². The summed E-state index contributed by atoms with van der Waals surface area (Å²) in [5, 5.41) is 1.69. The molecule has 0 unspecified atom stereocenters. The molecule has 35 heavy (non-hydrogen) atoms. The molecule has 0 saturated heterocycles. The maximum Gasteiger partial charge on any atom is 0.381 e. The molecule has 0 aliphatic carbocycles. The highest BCUT2D eigenvalue weighted by Crippen LogP contribution is 2.42. The summed E-state index contributed by atoms with van der Waals surface area (Å²) in [6.07, 6.45) is 1.21. The number of nitrogens with zero attached hydrogens (tertiary/aromatic N) is 2. The van der Waals surface area contributed by atoms with Crippen molar-refractivity contribution in [2.75, 3.05) is 10.8 Å². The number of benzene rings is 2. The van der Waals surface area contributed by atoms with Crippen molar-refractivity contribution in [1.29, 1.82) is 0 Å². The van der Waals surface area contributed by atoms with Crippen molar-refractivity contribution in [2.45, 2.75) is 5.88 Å². The fourth-order valence-corrected chi connectivity index (χ4v) is 6.02. The van der Waals surface area contributed by atoms with Gasteiger partial charge < -0.3 is 18.3 Å². The van der Waals surface area contributed by atoms with Gasteiger partial charge in [-0.05, 0) is 23.3 Å². The van der Waals surface area contributed by atoms with Gasteiger partial charge in [0.2, 0.25) is 11.8 Å². The number of hydrogen-bond acceptors (Lipinski definition) is 10. The van der Waals surface area contributed by atoms with E-state index in [4.69, 9.17) is 20.8 Å². The average molecular weight is 554 g/mol. The van der Waals surface area contributed by atoms with E-state index in [-0.39, 0.29) is 33.0 Å². The van der Waals surface area contributed by atoms with Crippen LogP contribution in [0.15, 0.2) is 64.2 Å². The Bertz CT molecular complexity index is 1690. The SMILES string of the molecule is O=S(=O)([O-])CN1C(=Cc2oc3scc(Cl)c3[n+]2CS(=O)(=O)[O-])Oc2ccc(-c3ccccc3)cc21. The Balaban J connectivity index is 1.64. The Labute approximate surface area is 208 Å². The van der Waals surface area contributed by atoms with Crippen LogP contribution in [0.4, 0.5) is 5.69 Å². The van der Waals surface area contributed by atoms with Crippen LogP contribution in [0.2, 0.25) is 5.02 Å². The van der Waals surface area contributed by atoms with E-state index in [2.05, 4.69) is 0 Å². The van der Waals surface area contributed by atoms with Crippen molar-refractivity contribution >= 4 is 65.4 Å². The highest BCUT2D eigenvalue weighted by atomic mass is 35.5. The Morgan fingerprint density at radius 3 is 2.46 bits per heavy atom. The number of aromatic nitrogens is 1. The Morgan fingerprint density at radius 1 is 1.03 bits per heavy atom. The summed E-state index contributed by atoms with van der Waals surface area (Å²) in [6, 6.07) is 14.4. The van der Waals surface area contributed by atoms with Gasteiger partial charge >= 0.3 is 5.89 Å². The first-order valence-electron chi connectivity index (χ1n) is 9.81. The van der Waals surface area contributed by atoms with Gasteiger partial charge in [0.1, 0.15) is 27.1 Å². The molecule has 3 heterocycles. The van der Waals surface area contributed by atoms with Gasteiger partial charge in [-0.1, -0.05) is 59.3 Å². The van der Waals surface area contributed by atoms with Gasteiger partial charge in [-0.15, -0.1) is 4.57 Å². The van der Waals surface area contributed by atoms with Crippen LogP contribution < -0.4 is 14.2 Å². The van der Waals surface area contributed by atoms with Crippen molar-refractivity contribution in [2.24, 2.45) is 0 Å². The highest BCUT2D eigenvalue weighted by molar-refractivity contribution is 7.85. The number of halogens is 1. The van der Waals surface area contributed by atoms with Crippen molar-refractivity contribution < 1.29 is 39.7 Å². The summed E-state index contributed by atoms with van der Waals surface area (Å²) < 4.78 is 82.2. The number of rotatable bonds is 6. The molecule has 1 aliphatic rings. The van der Waals surface area contributed by atoms with Crippen LogP contribution in [-0.4, -0.2) is 31.8 Å². The number of thiophene rings is 1. The lowest BCUT2D eigenvalue weighted by Crippen LogP contribution is -2.39. The summed E-state index contributed by atoms with van der Waals surface area (Å²) in [6.45, 7) is 0. The van der Waals surface area contributed by atoms with E-state index in [0.29, 0.717) is 5.69 Å². The molecule has 0 N–H and O–H groups in total. The lowest BCUT2D eigenvalue weighted by Gasteiger charge is -2.20. The Hall–Kier alpha value is -2.94. The van der Waals surface area contributed by atoms with Crippen LogP contribution in [0.25, 0.3) is 27.6 Å². The Kier molecular flexibility index (Phi) is 5.86. The van der Waals surface area contributed by atoms with E-state index in [0.717, 1.165) is 31.9 Å². The van der Waals surface area contributed by atoms with Crippen LogP contribution in [0.3, 0.4) is 0 Å². The first kappa shape index (κ1) is 23.8. The van der Waals surface area contributed by atoms with Gasteiger partial charge in [0.25, 0.3) is 10.4 Å². The maximum absolute atomic E-state index is 11.7. The van der Waals surface area contributed by atoms with E-state index in [1.807, 2.05) is 30.3 Å². The molecular formula is C21H14ClN2O8S3-. The predicted molar refractivity (Wildman–Crippen MR) is 127 cm³/mol. The number of anilines is 1. The zero-order valence-corrected chi connectivity index (χ0v) is 20.7. The fraction of sp³-hybridized carbons (Fsp3) is 0.0952. The van der Waals surface area contributed by atoms with Gasteiger partial charge in [-0.25, -0.2) is 16.8 Å². The van der Waals surface area contributed by atoms with Crippen LogP contribution in [0.5, 0.6) is 5.75 Å². The second-order valence-electron chi connectivity index (χ2n) is 7.52. The van der Waals surface area contributed by atoms with Gasteiger partial charge in [-0.3, -0.25) is 4.90 Å². The predicted octanol–water partition coefficient (Wildman–Crippen LogP) is 3.31. The third-order valence-electron chi connectivity index (χ3n) is 5.08. The molecule has 4 aromatic rings. The quantitative estimate of drug-likeness (QED) is 0.259.